The Morgan fingerprint density at radius 1 is 1.09 bits per heavy atom. The third kappa shape index (κ3) is 4.24. The molecule has 0 aliphatic rings. The molecule has 0 aliphatic carbocycles. The smallest absolute Gasteiger partial charge is 0.224 e. The number of amides is 1. The highest BCUT2D eigenvalue weighted by Gasteiger charge is 2.11. The summed E-state index contributed by atoms with van der Waals surface area (Å²) in [5.41, 5.74) is 1.81. The van der Waals surface area contributed by atoms with E-state index < -0.39 is 0 Å². The Hall–Kier alpha value is -2.01. The Morgan fingerprint density at radius 3 is 2.36 bits per heavy atom. The number of nitrogens with one attached hydrogen (secondary N) is 1. The van der Waals surface area contributed by atoms with E-state index in [4.69, 9.17) is 9.47 Å². The molecule has 0 aliphatic heterocycles. The van der Waals surface area contributed by atoms with E-state index >= 15 is 0 Å². The molecule has 0 atom stereocenters. The molecule has 2 aromatic carbocycles. The first-order valence-electron chi connectivity index (χ1n) is 6.89. The molecule has 4 nitrogen and oxygen atoms in total. The maximum atomic E-state index is 12.0. The van der Waals surface area contributed by atoms with Gasteiger partial charge < -0.3 is 14.8 Å². The number of anilines is 1. The topological polar surface area (TPSA) is 47.6 Å². The predicted molar refractivity (Wildman–Crippen MR) is 90.6 cm³/mol. The van der Waals surface area contributed by atoms with E-state index in [2.05, 4.69) is 21.2 Å². The molecule has 0 fully saturated rings. The fraction of sp³-hybridized carbons (Fsp3) is 0.235. The second-order valence-corrected chi connectivity index (χ2v) is 5.57. The van der Waals surface area contributed by atoms with Gasteiger partial charge in [-0.3, -0.25) is 4.79 Å². The average Bonchev–Trinajstić information content (AvgIpc) is 2.54. The third-order valence-corrected chi connectivity index (χ3v) is 3.97. The van der Waals surface area contributed by atoms with Gasteiger partial charge in [0.15, 0.2) is 11.5 Å². The first-order valence-corrected chi connectivity index (χ1v) is 7.68. The standard InChI is InChI=1S/C17H18BrNO3/c1-21-15-10-12(14(18)11-16(15)22-2)8-9-17(20)19-13-6-4-3-5-7-13/h3-7,10-11H,8-9H2,1-2H3,(H,19,20). The molecular weight excluding hydrogens is 346 g/mol. The lowest BCUT2D eigenvalue weighted by Gasteiger charge is -2.12. The first kappa shape index (κ1) is 16.4. The van der Waals surface area contributed by atoms with Gasteiger partial charge in [0, 0.05) is 16.6 Å². The summed E-state index contributed by atoms with van der Waals surface area (Å²) in [6.45, 7) is 0. The number of rotatable bonds is 6. The fourth-order valence-corrected chi connectivity index (χ4v) is 2.60. The predicted octanol–water partition coefficient (Wildman–Crippen LogP) is 4.04. The molecule has 0 spiro atoms. The summed E-state index contributed by atoms with van der Waals surface area (Å²) in [7, 11) is 3.19. The van der Waals surface area contributed by atoms with E-state index in [9.17, 15) is 4.79 Å². The van der Waals surface area contributed by atoms with Gasteiger partial charge in [0.05, 0.1) is 14.2 Å². The molecular formula is C17H18BrNO3. The highest BCUT2D eigenvalue weighted by atomic mass is 79.9. The summed E-state index contributed by atoms with van der Waals surface area (Å²) < 4.78 is 11.4. The van der Waals surface area contributed by atoms with Crippen LogP contribution in [0.4, 0.5) is 5.69 Å². The first-order chi connectivity index (χ1) is 10.6. The van der Waals surface area contributed by atoms with Crippen molar-refractivity contribution < 1.29 is 14.3 Å². The Kier molecular flexibility index (Phi) is 5.83. The summed E-state index contributed by atoms with van der Waals surface area (Å²) in [5, 5.41) is 2.87. The van der Waals surface area contributed by atoms with Crippen LogP contribution in [-0.2, 0) is 11.2 Å². The molecule has 1 N–H and O–H groups in total. The molecule has 0 bridgehead atoms. The number of halogens is 1. The summed E-state index contributed by atoms with van der Waals surface area (Å²) in [6, 6.07) is 13.2. The van der Waals surface area contributed by atoms with Crippen molar-refractivity contribution in [3.63, 3.8) is 0 Å². The average molecular weight is 364 g/mol. The van der Waals surface area contributed by atoms with Gasteiger partial charge in [0.2, 0.25) is 5.91 Å². The van der Waals surface area contributed by atoms with Crippen molar-refractivity contribution >= 4 is 27.5 Å². The molecule has 2 aromatic rings. The van der Waals surface area contributed by atoms with E-state index in [1.165, 1.54) is 0 Å². The number of para-hydroxylation sites is 1. The number of carbonyl (C=O) groups excluding carboxylic acids is 1. The van der Waals surface area contributed by atoms with Crippen molar-refractivity contribution in [1.29, 1.82) is 0 Å². The zero-order chi connectivity index (χ0) is 15.9. The van der Waals surface area contributed by atoms with Gasteiger partial charge in [0.1, 0.15) is 0 Å². The summed E-state index contributed by atoms with van der Waals surface area (Å²) in [5.74, 6) is 1.30. The quantitative estimate of drug-likeness (QED) is 0.842. The van der Waals surface area contributed by atoms with Gasteiger partial charge in [-0.2, -0.15) is 0 Å². The van der Waals surface area contributed by atoms with E-state index in [0.717, 1.165) is 15.7 Å². The van der Waals surface area contributed by atoms with Gasteiger partial charge in [0.25, 0.3) is 0 Å². The van der Waals surface area contributed by atoms with Gasteiger partial charge in [-0.05, 0) is 36.2 Å². The molecule has 0 heterocycles. The maximum Gasteiger partial charge on any atom is 0.224 e. The van der Waals surface area contributed by atoms with Crippen LogP contribution in [0.1, 0.15) is 12.0 Å². The van der Waals surface area contributed by atoms with E-state index in [1.807, 2.05) is 42.5 Å². The van der Waals surface area contributed by atoms with Gasteiger partial charge in [-0.25, -0.2) is 0 Å². The minimum atomic E-state index is -0.0205. The lowest BCUT2D eigenvalue weighted by Crippen LogP contribution is -2.12. The van der Waals surface area contributed by atoms with Crippen LogP contribution in [0.5, 0.6) is 11.5 Å². The largest absolute Gasteiger partial charge is 0.493 e. The number of ether oxygens (including phenoxy) is 2. The lowest BCUT2D eigenvalue weighted by molar-refractivity contribution is -0.116. The van der Waals surface area contributed by atoms with Crippen molar-refractivity contribution in [2.75, 3.05) is 19.5 Å². The number of aryl methyl sites for hydroxylation is 1. The van der Waals surface area contributed by atoms with Crippen molar-refractivity contribution in [2.24, 2.45) is 0 Å². The number of hydrogen-bond acceptors (Lipinski definition) is 3. The molecule has 2 rings (SSSR count). The molecule has 0 aromatic heterocycles. The normalized spacial score (nSPS) is 10.1. The zero-order valence-electron chi connectivity index (χ0n) is 12.6. The van der Waals surface area contributed by atoms with E-state index in [-0.39, 0.29) is 5.91 Å². The van der Waals surface area contributed by atoms with Crippen LogP contribution in [0.25, 0.3) is 0 Å². The van der Waals surface area contributed by atoms with Gasteiger partial charge in [-0.15, -0.1) is 0 Å². The lowest BCUT2D eigenvalue weighted by atomic mass is 10.1. The van der Waals surface area contributed by atoms with Crippen LogP contribution < -0.4 is 14.8 Å². The highest BCUT2D eigenvalue weighted by Crippen LogP contribution is 2.33. The molecule has 0 unspecified atom stereocenters. The summed E-state index contributed by atoms with van der Waals surface area (Å²) in [6.07, 6.45) is 1.00. The third-order valence-electron chi connectivity index (χ3n) is 3.23. The number of benzene rings is 2. The minimum absolute atomic E-state index is 0.0205. The van der Waals surface area contributed by atoms with E-state index in [0.29, 0.717) is 24.3 Å². The Morgan fingerprint density at radius 2 is 1.73 bits per heavy atom. The van der Waals surface area contributed by atoms with Crippen LogP contribution in [0, 0.1) is 0 Å². The Balaban J connectivity index is 2.00. The Labute approximate surface area is 138 Å². The number of hydrogen-bond donors (Lipinski definition) is 1. The molecule has 0 radical (unpaired) electrons. The maximum absolute atomic E-state index is 12.0. The molecule has 5 heteroatoms. The van der Waals surface area contributed by atoms with Crippen LogP contribution >= 0.6 is 15.9 Å². The molecule has 22 heavy (non-hydrogen) atoms. The SMILES string of the molecule is COc1cc(Br)c(CCC(=O)Nc2ccccc2)cc1OC. The minimum Gasteiger partial charge on any atom is -0.493 e. The van der Waals surface area contributed by atoms with E-state index in [1.54, 1.807) is 14.2 Å². The molecule has 116 valence electrons. The van der Waals surface area contributed by atoms with Crippen LogP contribution in [-0.4, -0.2) is 20.1 Å². The van der Waals surface area contributed by atoms with Crippen molar-refractivity contribution in [3.8, 4) is 11.5 Å². The van der Waals surface area contributed by atoms with Crippen LogP contribution in [0.2, 0.25) is 0 Å². The fourth-order valence-electron chi connectivity index (χ4n) is 2.08. The van der Waals surface area contributed by atoms with Crippen molar-refractivity contribution in [3.05, 3.63) is 52.5 Å². The number of carbonyl (C=O) groups is 1. The van der Waals surface area contributed by atoms with Gasteiger partial charge >= 0.3 is 0 Å². The van der Waals surface area contributed by atoms with Crippen molar-refractivity contribution in [1.82, 2.24) is 0 Å². The second-order valence-electron chi connectivity index (χ2n) is 4.71. The second kappa shape index (κ2) is 7.84. The molecule has 1 amide bonds. The summed E-state index contributed by atoms with van der Waals surface area (Å²) >= 11 is 3.50. The van der Waals surface area contributed by atoms with Crippen LogP contribution in [0.3, 0.4) is 0 Å². The highest BCUT2D eigenvalue weighted by molar-refractivity contribution is 9.10. The summed E-state index contributed by atoms with van der Waals surface area (Å²) in [4.78, 5) is 12.0. The molecule has 0 saturated carbocycles. The monoisotopic (exact) mass is 363 g/mol. The zero-order valence-corrected chi connectivity index (χ0v) is 14.1. The molecule has 0 saturated heterocycles. The Bertz CT molecular complexity index is 644. The van der Waals surface area contributed by atoms with Crippen LogP contribution in [0.15, 0.2) is 46.9 Å². The number of methoxy groups -OCH3 is 2. The van der Waals surface area contributed by atoms with Gasteiger partial charge in [-0.1, -0.05) is 34.1 Å². The van der Waals surface area contributed by atoms with Crippen molar-refractivity contribution in [2.45, 2.75) is 12.8 Å².